The Hall–Kier alpha value is -0.960. The van der Waals surface area contributed by atoms with Crippen LogP contribution in [0.2, 0.25) is 0 Å². The molecule has 0 spiro atoms. The van der Waals surface area contributed by atoms with E-state index in [2.05, 4.69) is 36.5 Å². The molecule has 2 rings (SSSR count). The third kappa shape index (κ3) is 4.55. The summed E-state index contributed by atoms with van der Waals surface area (Å²) in [4.78, 5) is 0. The van der Waals surface area contributed by atoms with E-state index < -0.39 is 5.92 Å². The van der Waals surface area contributed by atoms with E-state index in [4.69, 9.17) is 0 Å². The number of benzene rings is 1. The van der Waals surface area contributed by atoms with Gasteiger partial charge in [-0.1, -0.05) is 37.3 Å². The highest BCUT2D eigenvalue weighted by Crippen LogP contribution is 2.38. The van der Waals surface area contributed by atoms with Gasteiger partial charge in [0.2, 0.25) is 5.92 Å². The first-order valence-corrected chi connectivity index (χ1v) is 7.76. The molecule has 1 nitrogen and oxygen atoms in total. The van der Waals surface area contributed by atoms with Crippen LogP contribution < -0.4 is 5.32 Å². The van der Waals surface area contributed by atoms with E-state index in [9.17, 15) is 8.78 Å². The van der Waals surface area contributed by atoms with Crippen LogP contribution in [0, 0.1) is 5.92 Å². The van der Waals surface area contributed by atoms with Gasteiger partial charge in [0.05, 0.1) is 0 Å². The maximum absolute atomic E-state index is 13.3. The molecule has 0 radical (unpaired) electrons. The third-order valence-corrected chi connectivity index (χ3v) is 4.38. The van der Waals surface area contributed by atoms with Crippen LogP contribution >= 0.6 is 0 Å². The smallest absolute Gasteiger partial charge is 0.248 e. The van der Waals surface area contributed by atoms with Crippen LogP contribution in [0.5, 0.6) is 0 Å². The monoisotopic (exact) mass is 281 g/mol. The fourth-order valence-corrected chi connectivity index (χ4v) is 3.20. The lowest BCUT2D eigenvalue weighted by atomic mass is 9.80. The number of aryl methyl sites for hydroxylation is 1. The molecule has 1 saturated carbocycles. The summed E-state index contributed by atoms with van der Waals surface area (Å²) in [5.74, 6) is -2.02. The molecule has 20 heavy (non-hydrogen) atoms. The predicted molar refractivity (Wildman–Crippen MR) is 79.1 cm³/mol. The quantitative estimate of drug-likeness (QED) is 0.813. The predicted octanol–water partition coefficient (Wildman–Crippen LogP) is 4.42. The second kappa shape index (κ2) is 7.16. The van der Waals surface area contributed by atoms with E-state index in [-0.39, 0.29) is 12.8 Å². The minimum absolute atomic E-state index is 0.0604. The zero-order chi connectivity index (χ0) is 14.4. The van der Waals surface area contributed by atoms with Gasteiger partial charge in [-0.2, -0.15) is 0 Å². The molecule has 3 heteroatoms. The first-order valence-electron chi connectivity index (χ1n) is 7.76. The normalized spacial score (nSPS) is 20.8. The van der Waals surface area contributed by atoms with Crippen LogP contribution in [-0.4, -0.2) is 18.5 Å². The Morgan fingerprint density at radius 3 is 2.45 bits per heavy atom. The van der Waals surface area contributed by atoms with Gasteiger partial charge < -0.3 is 5.32 Å². The maximum atomic E-state index is 13.3. The summed E-state index contributed by atoms with van der Waals surface area (Å²) in [7, 11) is 0. The molecule has 1 unspecified atom stereocenters. The van der Waals surface area contributed by atoms with Gasteiger partial charge in [-0.05, 0) is 43.7 Å². The summed E-state index contributed by atoms with van der Waals surface area (Å²) >= 11 is 0. The van der Waals surface area contributed by atoms with Crippen molar-refractivity contribution in [2.45, 2.75) is 57.4 Å². The molecule has 1 fully saturated rings. The Balaban J connectivity index is 1.87. The van der Waals surface area contributed by atoms with Gasteiger partial charge in [0, 0.05) is 18.9 Å². The number of hydrogen-bond donors (Lipinski definition) is 1. The Labute approximate surface area is 120 Å². The lowest BCUT2D eigenvalue weighted by molar-refractivity contribution is -0.0497. The van der Waals surface area contributed by atoms with Gasteiger partial charge >= 0.3 is 0 Å². The molecule has 1 aromatic rings. The summed E-state index contributed by atoms with van der Waals surface area (Å²) < 4.78 is 26.5. The molecule has 0 aliphatic heterocycles. The van der Waals surface area contributed by atoms with E-state index in [0.717, 1.165) is 19.4 Å². The zero-order valence-electron chi connectivity index (χ0n) is 12.2. The second-order valence-electron chi connectivity index (χ2n) is 5.88. The molecular weight excluding hydrogens is 256 g/mol. The number of rotatable bonds is 6. The average Bonchev–Trinajstić information content (AvgIpc) is 2.45. The molecule has 0 aromatic heterocycles. The standard InChI is InChI=1S/C17H25F2N/c1-2-20-16(9-8-14-6-4-3-5-7-14)15-10-12-17(18,19)13-11-15/h3-7,15-16,20H,2,8-13H2,1H3. The first kappa shape index (κ1) is 15.4. The molecule has 1 aliphatic carbocycles. The molecule has 0 heterocycles. The van der Waals surface area contributed by atoms with Crippen LogP contribution in [0.1, 0.15) is 44.6 Å². The minimum atomic E-state index is -2.42. The van der Waals surface area contributed by atoms with E-state index in [0.29, 0.717) is 24.8 Å². The van der Waals surface area contributed by atoms with Crippen molar-refractivity contribution in [3.63, 3.8) is 0 Å². The number of nitrogens with one attached hydrogen (secondary N) is 1. The SMILES string of the molecule is CCNC(CCc1ccccc1)C1CCC(F)(F)CC1. The second-order valence-corrected chi connectivity index (χ2v) is 5.88. The van der Waals surface area contributed by atoms with E-state index in [1.165, 1.54) is 5.56 Å². The maximum Gasteiger partial charge on any atom is 0.248 e. The fraction of sp³-hybridized carbons (Fsp3) is 0.647. The molecule has 0 bridgehead atoms. The van der Waals surface area contributed by atoms with Crippen molar-refractivity contribution < 1.29 is 8.78 Å². The highest BCUT2D eigenvalue weighted by atomic mass is 19.3. The van der Waals surface area contributed by atoms with Crippen LogP contribution in [0.4, 0.5) is 8.78 Å². The summed E-state index contributed by atoms with van der Waals surface area (Å²) in [6, 6.07) is 10.8. The van der Waals surface area contributed by atoms with Crippen molar-refractivity contribution in [1.29, 1.82) is 0 Å². The molecule has 1 atom stereocenters. The molecule has 1 aromatic carbocycles. The van der Waals surface area contributed by atoms with Crippen LogP contribution in [0.3, 0.4) is 0 Å². The number of alkyl halides is 2. The molecule has 0 amide bonds. The molecular formula is C17H25F2N. The summed E-state index contributed by atoms with van der Waals surface area (Å²) in [5.41, 5.74) is 1.33. The van der Waals surface area contributed by atoms with Gasteiger partial charge in [0.25, 0.3) is 0 Å². The lowest BCUT2D eigenvalue weighted by Crippen LogP contribution is -2.40. The van der Waals surface area contributed by atoms with Crippen molar-refractivity contribution in [1.82, 2.24) is 5.32 Å². The largest absolute Gasteiger partial charge is 0.314 e. The lowest BCUT2D eigenvalue weighted by Gasteiger charge is -2.34. The van der Waals surface area contributed by atoms with E-state index in [1.807, 2.05) is 6.07 Å². The Kier molecular flexibility index (Phi) is 5.53. The van der Waals surface area contributed by atoms with Crippen molar-refractivity contribution >= 4 is 0 Å². The third-order valence-electron chi connectivity index (χ3n) is 4.38. The zero-order valence-corrected chi connectivity index (χ0v) is 12.2. The van der Waals surface area contributed by atoms with Gasteiger partial charge in [-0.15, -0.1) is 0 Å². The van der Waals surface area contributed by atoms with Gasteiger partial charge in [-0.25, -0.2) is 8.78 Å². The molecule has 0 saturated heterocycles. The van der Waals surface area contributed by atoms with Gasteiger partial charge in [0.15, 0.2) is 0 Å². The van der Waals surface area contributed by atoms with Crippen LogP contribution in [0.15, 0.2) is 30.3 Å². The fourth-order valence-electron chi connectivity index (χ4n) is 3.20. The van der Waals surface area contributed by atoms with Gasteiger partial charge in [0.1, 0.15) is 0 Å². The summed E-state index contributed by atoms with van der Waals surface area (Å²) in [6.07, 6.45) is 3.48. The van der Waals surface area contributed by atoms with E-state index >= 15 is 0 Å². The average molecular weight is 281 g/mol. The molecule has 1 N–H and O–H groups in total. The minimum Gasteiger partial charge on any atom is -0.314 e. The summed E-state index contributed by atoms with van der Waals surface area (Å²) in [5, 5.41) is 3.51. The Morgan fingerprint density at radius 2 is 1.85 bits per heavy atom. The highest BCUT2D eigenvalue weighted by molar-refractivity contribution is 5.14. The van der Waals surface area contributed by atoms with Crippen molar-refractivity contribution in [2.24, 2.45) is 5.92 Å². The van der Waals surface area contributed by atoms with Crippen molar-refractivity contribution in [3.8, 4) is 0 Å². The molecule has 1 aliphatic rings. The topological polar surface area (TPSA) is 12.0 Å². The van der Waals surface area contributed by atoms with Crippen LogP contribution in [0.25, 0.3) is 0 Å². The number of halogens is 2. The number of hydrogen-bond acceptors (Lipinski definition) is 1. The van der Waals surface area contributed by atoms with Crippen LogP contribution in [-0.2, 0) is 6.42 Å². The Morgan fingerprint density at radius 1 is 1.20 bits per heavy atom. The first-order chi connectivity index (χ1) is 9.61. The molecule has 112 valence electrons. The summed E-state index contributed by atoms with van der Waals surface area (Å²) in [6.45, 7) is 3.00. The van der Waals surface area contributed by atoms with Crippen molar-refractivity contribution in [2.75, 3.05) is 6.54 Å². The Bertz CT molecular complexity index is 381. The highest BCUT2D eigenvalue weighted by Gasteiger charge is 2.37. The van der Waals surface area contributed by atoms with E-state index in [1.54, 1.807) is 0 Å². The van der Waals surface area contributed by atoms with Gasteiger partial charge in [-0.3, -0.25) is 0 Å². The van der Waals surface area contributed by atoms with Crippen molar-refractivity contribution in [3.05, 3.63) is 35.9 Å².